The van der Waals surface area contributed by atoms with Crippen LogP contribution in [0.25, 0.3) is 0 Å². The van der Waals surface area contributed by atoms with Crippen LogP contribution in [0.4, 0.5) is 10.1 Å². The van der Waals surface area contributed by atoms with Gasteiger partial charge in [-0.1, -0.05) is 13.0 Å². The van der Waals surface area contributed by atoms with E-state index in [-0.39, 0.29) is 5.82 Å². The van der Waals surface area contributed by atoms with Crippen LogP contribution in [0.1, 0.15) is 32.8 Å². The zero-order valence-electron chi connectivity index (χ0n) is 13.1. The van der Waals surface area contributed by atoms with Gasteiger partial charge in [0.25, 0.3) is 0 Å². The van der Waals surface area contributed by atoms with E-state index < -0.39 is 0 Å². The van der Waals surface area contributed by atoms with Crippen LogP contribution in [0.5, 0.6) is 0 Å². The molecule has 1 aromatic carbocycles. The first-order valence-electron chi connectivity index (χ1n) is 7.34. The molecular formula is C16H27FN2O. The van der Waals surface area contributed by atoms with E-state index in [1.807, 2.05) is 12.1 Å². The molecule has 3 nitrogen and oxygen atoms in total. The Kier molecular flexibility index (Phi) is 7.55. The van der Waals surface area contributed by atoms with Gasteiger partial charge in [0.2, 0.25) is 0 Å². The standard InChI is InChI=1S/C16H27FN2O/c1-5-9-19(13(2)3)16-7-6-14(11-15(16)17)12-18-8-10-20-4/h6-7,11,13,18H,5,8-10,12H2,1-4H3. The minimum Gasteiger partial charge on any atom is -0.383 e. The molecule has 4 heteroatoms. The Balaban J connectivity index is 2.71. The van der Waals surface area contributed by atoms with Gasteiger partial charge in [-0.05, 0) is 38.0 Å². The number of hydrogen-bond acceptors (Lipinski definition) is 3. The third-order valence-electron chi connectivity index (χ3n) is 3.22. The Bertz CT molecular complexity index is 396. The predicted octanol–water partition coefficient (Wildman–Crippen LogP) is 3.19. The predicted molar refractivity (Wildman–Crippen MR) is 82.8 cm³/mol. The van der Waals surface area contributed by atoms with Gasteiger partial charge in [0.15, 0.2) is 0 Å². The van der Waals surface area contributed by atoms with Crippen molar-refractivity contribution in [2.75, 3.05) is 31.7 Å². The first-order chi connectivity index (χ1) is 9.60. The Morgan fingerprint density at radius 1 is 1.35 bits per heavy atom. The van der Waals surface area contributed by atoms with Crippen molar-refractivity contribution >= 4 is 5.69 Å². The summed E-state index contributed by atoms with van der Waals surface area (Å²) < 4.78 is 19.2. The van der Waals surface area contributed by atoms with E-state index in [9.17, 15) is 4.39 Å². The number of ether oxygens (including phenoxy) is 1. The van der Waals surface area contributed by atoms with Crippen LogP contribution in [0.15, 0.2) is 18.2 Å². The fraction of sp³-hybridized carbons (Fsp3) is 0.625. The quantitative estimate of drug-likeness (QED) is 0.704. The molecule has 0 unspecified atom stereocenters. The third kappa shape index (κ3) is 5.10. The molecule has 0 amide bonds. The molecule has 20 heavy (non-hydrogen) atoms. The zero-order chi connectivity index (χ0) is 15.0. The van der Waals surface area contributed by atoms with Crippen molar-refractivity contribution < 1.29 is 9.13 Å². The summed E-state index contributed by atoms with van der Waals surface area (Å²) in [5, 5.41) is 3.22. The van der Waals surface area contributed by atoms with Crippen LogP contribution in [0.2, 0.25) is 0 Å². The molecule has 0 radical (unpaired) electrons. The highest BCUT2D eigenvalue weighted by molar-refractivity contribution is 5.49. The first kappa shape index (κ1) is 16.9. The number of methoxy groups -OCH3 is 1. The number of nitrogens with zero attached hydrogens (tertiary/aromatic N) is 1. The monoisotopic (exact) mass is 282 g/mol. The van der Waals surface area contributed by atoms with Gasteiger partial charge in [-0.15, -0.1) is 0 Å². The molecule has 1 rings (SSSR count). The van der Waals surface area contributed by atoms with Crippen LogP contribution in [0, 0.1) is 5.82 Å². The number of benzene rings is 1. The molecule has 0 bridgehead atoms. The second-order valence-electron chi connectivity index (χ2n) is 5.24. The molecule has 0 spiro atoms. The van der Waals surface area contributed by atoms with E-state index in [2.05, 4.69) is 31.0 Å². The average molecular weight is 282 g/mol. The van der Waals surface area contributed by atoms with Crippen LogP contribution in [-0.2, 0) is 11.3 Å². The first-order valence-corrected chi connectivity index (χ1v) is 7.34. The van der Waals surface area contributed by atoms with Gasteiger partial charge < -0.3 is 15.0 Å². The molecule has 0 saturated heterocycles. The van der Waals surface area contributed by atoms with Crippen LogP contribution in [0.3, 0.4) is 0 Å². The summed E-state index contributed by atoms with van der Waals surface area (Å²) in [7, 11) is 1.67. The van der Waals surface area contributed by atoms with Crippen LogP contribution in [-0.4, -0.2) is 32.8 Å². The van der Waals surface area contributed by atoms with Gasteiger partial charge in [-0.2, -0.15) is 0 Å². The molecule has 114 valence electrons. The van der Waals surface area contributed by atoms with E-state index in [0.29, 0.717) is 24.9 Å². The van der Waals surface area contributed by atoms with Crippen molar-refractivity contribution in [3.05, 3.63) is 29.6 Å². The minimum atomic E-state index is -0.141. The van der Waals surface area contributed by atoms with Gasteiger partial charge in [-0.3, -0.25) is 0 Å². The fourth-order valence-electron chi connectivity index (χ4n) is 2.20. The Morgan fingerprint density at radius 2 is 2.10 bits per heavy atom. The summed E-state index contributed by atoms with van der Waals surface area (Å²) in [6.45, 7) is 9.27. The van der Waals surface area contributed by atoms with Gasteiger partial charge in [0, 0.05) is 32.8 Å². The molecule has 1 aromatic rings. The summed E-state index contributed by atoms with van der Waals surface area (Å²) in [5.41, 5.74) is 1.66. The lowest BCUT2D eigenvalue weighted by Crippen LogP contribution is -2.32. The zero-order valence-corrected chi connectivity index (χ0v) is 13.1. The van der Waals surface area contributed by atoms with Crippen LogP contribution < -0.4 is 10.2 Å². The minimum absolute atomic E-state index is 0.141. The number of halogens is 1. The molecule has 0 aliphatic heterocycles. The fourth-order valence-corrected chi connectivity index (χ4v) is 2.20. The summed E-state index contributed by atoms with van der Waals surface area (Å²) >= 11 is 0. The highest BCUT2D eigenvalue weighted by Crippen LogP contribution is 2.23. The maximum absolute atomic E-state index is 14.3. The van der Waals surface area contributed by atoms with Crippen molar-refractivity contribution in [1.29, 1.82) is 0 Å². The molecule has 0 atom stereocenters. The molecular weight excluding hydrogens is 255 g/mol. The second-order valence-corrected chi connectivity index (χ2v) is 5.24. The Hall–Kier alpha value is -1.13. The van der Waals surface area contributed by atoms with Gasteiger partial charge in [-0.25, -0.2) is 4.39 Å². The smallest absolute Gasteiger partial charge is 0.146 e. The Labute approximate surface area is 122 Å². The second kappa shape index (κ2) is 8.93. The van der Waals surface area contributed by atoms with E-state index in [4.69, 9.17) is 4.74 Å². The lowest BCUT2D eigenvalue weighted by molar-refractivity contribution is 0.199. The summed E-state index contributed by atoms with van der Waals surface area (Å²) in [4.78, 5) is 2.11. The van der Waals surface area contributed by atoms with Gasteiger partial charge >= 0.3 is 0 Å². The summed E-state index contributed by atoms with van der Waals surface area (Å²) in [6, 6.07) is 5.80. The number of rotatable bonds is 9. The van der Waals surface area contributed by atoms with Crippen LogP contribution >= 0.6 is 0 Å². The van der Waals surface area contributed by atoms with Crippen molar-refractivity contribution in [3.8, 4) is 0 Å². The molecule has 0 aliphatic carbocycles. The topological polar surface area (TPSA) is 24.5 Å². The van der Waals surface area contributed by atoms with Gasteiger partial charge in [0.1, 0.15) is 5.82 Å². The summed E-state index contributed by atoms with van der Waals surface area (Å²) in [6.07, 6.45) is 1.01. The molecule has 0 aromatic heterocycles. The van der Waals surface area contributed by atoms with Crippen molar-refractivity contribution in [2.45, 2.75) is 39.8 Å². The molecule has 0 fully saturated rings. The highest BCUT2D eigenvalue weighted by Gasteiger charge is 2.14. The largest absolute Gasteiger partial charge is 0.383 e. The van der Waals surface area contributed by atoms with Gasteiger partial charge in [0.05, 0.1) is 12.3 Å². The van der Waals surface area contributed by atoms with Crippen molar-refractivity contribution in [1.82, 2.24) is 5.32 Å². The summed E-state index contributed by atoms with van der Waals surface area (Å²) in [5.74, 6) is -0.141. The molecule has 1 N–H and O–H groups in total. The SMILES string of the molecule is CCCN(c1ccc(CNCCOC)cc1F)C(C)C. The average Bonchev–Trinajstić information content (AvgIpc) is 2.41. The molecule has 0 aliphatic rings. The molecule has 0 saturated carbocycles. The number of nitrogens with one attached hydrogen (secondary N) is 1. The maximum atomic E-state index is 14.3. The van der Waals surface area contributed by atoms with E-state index >= 15 is 0 Å². The lowest BCUT2D eigenvalue weighted by Gasteiger charge is -2.29. The number of anilines is 1. The number of hydrogen-bond donors (Lipinski definition) is 1. The van der Waals surface area contributed by atoms with E-state index in [0.717, 1.165) is 25.1 Å². The van der Waals surface area contributed by atoms with E-state index in [1.54, 1.807) is 13.2 Å². The van der Waals surface area contributed by atoms with E-state index in [1.165, 1.54) is 0 Å². The Morgan fingerprint density at radius 3 is 2.65 bits per heavy atom. The normalized spacial score (nSPS) is 11.1. The lowest BCUT2D eigenvalue weighted by atomic mass is 10.1. The molecule has 0 heterocycles. The maximum Gasteiger partial charge on any atom is 0.146 e. The van der Waals surface area contributed by atoms with Crippen molar-refractivity contribution in [2.24, 2.45) is 0 Å². The third-order valence-corrected chi connectivity index (χ3v) is 3.22. The highest BCUT2D eigenvalue weighted by atomic mass is 19.1. The van der Waals surface area contributed by atoms with Crippen molar-refractivity contribution in [3.63, 3.8) is 0 Å².